The molecule has 2 aromatic carbocycles. The highest BCUT2D eigenvalue weighted by molar-refractivity contribution is 5.81. The van der Waals surface area contributed by atoms with Crippen molar-refractivity contribution in [3.63, 3.8) is 0 Å². The van der Waals surface area contributed by atoms with Crippen LogP contribution in [0, 0.1) is 24.0 Å². The maximum atomic E-state index is 11.4. The van der Waals surface area contributed by atoms with Crippen LogP contribution in [-0.2, 0) is 0 Å². The molecule has 1 N–H and O–H groups in total. The van der Waals surface area contributed by atoms with E-state index in [0.29, 0.717) is 5.56 Å². The standard InChI is InChI=1S/C18H16N4O2/c1-11-6-5-8-13-16-10-12(2)20-21(16)18(19-17(11)13)14-7-3-4-9-15(14)22(23)24/h3-10,18-19H,1-2H3. The molecule has 0 saturated carbocycles. The van der Waals surface area contributed by atoms with Crippen molar-refractivity contribution in [3.8, 4) is 11.3 Å². The van der Waals surface area contributed by atoms with E-state index in [2.05, 4.69) is 10.4 Å². The van der Waals surface area contributed by atoms with Crippen LogP contribution in [0.1, 0.15) is 23.0 Å². The normalized spacial score (nSPS) is 15.3. The highest BCUT2D eigenvalue weighted by Gasteiger charge is 2.31. The molecule has 0 amide bonds. The summed E-state index contributed by atoms with van der Waals surface area (Å²) in [6.07, 6.45) is -0.413. The Labute approximate surface area is 138 Å². The van der Waals surface area contributed by atoms with Crippen LogP contribution in [-0.4, -0.2) is 14.7 Å². The van der Waals surface area contributed by atoms with E-state index in [4.69, 9.17) is 0 Å². The van der Waals surface area contributed by atoms with E-state index in [1.54, 1.807) is 12.1 Å². The summed E-state index contributed by atoms with van der Waals surface area (Å²) < 4.78 is 1.83. The van der Waals surface area contributed by atoms with Crippen molar-refractivity contribution in [1.82, 2.24) is 9.78 Å². The first kappa shape index (κ1) is 14.4. The number of nitrogens with one attached hydrogen (secondary N) is 1. The van der Waals surface area contributed by atoms with Gasteiger partial charge in [0.1, 0.15) is 0 Å². The second-order valence-corrected chi connectivity index (χ2v) is 5.98. The SMILES string of the molecule is Cc1cc2n(n1)C(c1ccccc1[N+](=O)[O-])Nc1c(C)cccc1-2. The molecule has 1 atom stereocenters. The molecular weight excluding hydrogens is 304 g/mol. The summed E-state index contributed by atoms with van der Waals surface area (Å²) in [5.74, 6) is 0. The Kier molecular flexibility index (Phi) is 3.13. The summed E-state index contributed by atoms with van der Waals surface area (Å²) in [4.78, 5) is 11.1. The van der Waals surface area contributed by atoms with Gasteiger partial charge in [-0.1, -0.05) is 30.3 Å². The van der Waals surface area contributed by atoms with E-state index < -0.39 is 6.17 Å². The molecule has 0 aliphatic carbocycles. The molecule has 3 aromatic rings. The molecule has 0 bridgehead atoms. The number of fused-ring (bicyclic) bond motifs is 3. The van der Waals surface area contributed by atoms with Gasteiger partial charge in [-0.25, -0.2) is 4.68 Å². The minimum absolute atomic E-state index is 0.0890. The number of para-hydroxylation sites is 2. The largest absolute Gasteiger partial charge is 0.359 e. The van der Waals surface area contributed by atoms with Crippen LogP contribution in [0.5, 0.6) is 0 Å². The number of aryl methyl sites for hydroxylation is 2. The number of rotatable bonds is 2. The zero-order chi connectivity index (χ0) is 16.8. The van der Waals surface area contributed by atoms with Crippen LogP contribution < -0.4 is 5.32 Å². The number of nitro groups is 1. The molecule has 1 unspecified atom stereocenters. The summed E-state index contributed by atoms with van der Waals surface area (Å²) in [6.45, 7) is 3.96. The number of hydrogen-bond acceptors (Lipinski definition) is 4. The zero-order valence-electron chi connectivity index (χ0n) is 13.4. The molecule has 0 fully saturated rings. The molecule has 4 rings (SSSR count). The monoisotopic (exact) mass is 320 g/mol. The molecule has 24 heavy (non-hydrogen) atoms. The fourth-order valence-electron chi connectivity index (χ4n) is 3.28. The van der Waals surface area contributed by atoms with Gasteiger partial charge >= 0.3 is 0 Å². The average molecular weight is 320 g/mol. The Morgan fingerprint density at radius 3 is 2.75 bits per heavy atom. The maximum Gasteiger partial charge on any atom is 0.276 e. The molecule has 0 saturated heterocycles. The lowest BCUT2D eigenvalue weighted by Gasteiger charge is -2.30. The van der Waals surface area contributed by atoms with Gasteiger partial charge in [-0.3, -0.25) is 10.1 Å². The van der Waals surface area contributed by atoms with Crippen molar-refractivity contribution < 1.29 is 4.92 Å². The molecule has 1 aliphatic rings. The van der Waals surface area contributed by atoms with E-state index in [9.17, 15) is 10.1 Å². The Bertz CT molecular complexity index is 961. The molecule has 2 heterocycles. The van der Waals surface area contributed by atoms with E-state index in [-0.39, 0.29) is 10.6 Å². The number of nitro benzene ring substituents is 1. The third-order valence-corrected chi connectivity index (χ3v) is 4.36. The summed E-state index contributed by atoms with van der Waals surface area (Å²) in [5.41, 5.74) is 5.68. The predicted molar refractivity (Wildman–Crippen MR) is 92.0 cm³/mol. The summed E-state index contributed by atoms with van der Waals surface area (Å²) >= 11 is 0. The van der Waals surface area contributed by atoms with Gasteiger partial charge in [0.15, 0.2) is 6.17 Å². The minimum atomic E-state index is -0.413. The van der Waals surface area contributed by atoms with Gasteiger partial charge in [-0.05, 0) is 31.5 Å². The van der Waals surface area contributed by atoms with Gasteiger partial charge in [-0.15, -0.1) is 0 Å². The Hall–Kier alpha value is -3.15. The lowest BCUT2D eigenvalue weighted by Crippen LogP contribution is -2.26. The van der Waals surface area contributed by atoms with Gasteiger partial charge in [-0.2, -0.15) is 5.10 Å². The molecule has 6 heteroatoms. The number of anilines is 1. The Morgan fingerprint density at radius 2 is 1.96 bits per heavy atom. The van der Waals surface area contributed by atoms with E-state index >= 15 is 0 Å². The second-order valence-electron chi connectivity index (χ2n) is 5.98. The van der Waals surface area contributed by atoms with E-state index in [1.165, 1.54) is 6.07 Å². The van der Waals surface area contributed by atoms with Crippen molar-refractivity contribution in [2.75, 3.05) is 5.32 Å². The topological polar surface area (TPSA) is 73.0 Å². The average Bonchev–Trinajstić information content (AvgIpc) is 2.96. The summed E-state index contributed by atoms with van der Waals surface area (Å²) in [6, 6.07) is 14.9. The maximum absolute atomic E-state index is 11.4. The number of hydrogen-bond donors (Lipinski definition) is 1. The number of nitrogens with zero attached hydrogens (tertiary/aromatic N) is 3. The first-order valence-electron chi connectivity index (χ1n) is 7.72. The zero-order valence-corrected chi connectivity index (χ0v) is 13.4. The summed E-state index contributed by atoms with van der Waals surface area (Å²) in [7, 11) is 0. The highest BCUT2D eigenvalue weighted by atomic mass is 16.6. The van der Waals surface area contributed by atoms with Crippen LogP contribution in [0.4, 0.5) is 11.4 Å². The van der Waals surface area contributed by atoms with Gasteiger partial charge < -0.3 is 5.32 Å². The van der Waals surface area contributed by atoms with Crippen LogP contribution in [0.25, 0.3) is 11.3 Å². The lowest BCUT2D eigenvalue weighted by molar-refractivity contribution is -0.385. The number of aromatic nitrogens is 2. The van der Waals surface area contributed by atoms with Gasteiger partial charge in [0.05, 0.1) is 21.9 Å². The molecule has 6 nitrogen and oxygen atoms in total. The fourth-order valence-corrected chi connectivity index (χ4v) is 3.28. The smallest absolute Gasteiger partial charge is 0.276 e. The van der Waals surface area contributed by atoms with Crippen LogP contribution in [0.3, 0.4) is 0 Å². The quantitative estimate of drug-likeness (QED) is 0.571. The molecule has 120 valence electrons. The van der Waals surface area contributed by atoms with Crippen LogP contribution >= 0.6 is 0 Å². The molecule has 0 radical (unpaired) electrons. The van der Waals surface area contributed by atoms with Crippen molar-refractivity contribution in [1.29, 1.82) is 0 Å². The molecular formula is C18H16N4O2. The third-order valence-electron chi connectivity index (χ3n) is 4.36. The first-order valence-corrected chi connectivity index (χ1v) is 7.72. The minimum Gasteiger partial charge on any atom is -0.359 e. The number of benzene rings is 2. The highest BCUT2D eigenvalue weighted by Crippen LogP contribution is 2.41. The molecule has 1 aromatic heterocycles. The molecule has 0 spiro atoms. The van der Waals surface area contributed by atoms with Gasteiger partial charge in [0, 0.05) is 17.3 Å². The van der Waals surface area contributed by atoms with Crippen LogP contribution in [0.15, 0.2) is 48.5 Å². The molecule has 1 aliphatic heterocycles. The van der Waals surface area contributed by atoms with Crippen molar-refractivity contribution in [2.24, 2.45) is 0 Å². The Balaban J connectivity index is 1.97. The second kappa shape index (κ2) is 5.19. The van der Waals surface area contributed by atoms with Gasteiger partial charge in [0.2, 0.25) is 0 Å². The van der Waals surface area contributed by atoms with E-state index in [1.807, 2.05) is 48.9 Å². The Morgan fingerprint density at radius 1 is 1.17 bits per heavy atom. The lowest BCUT2D eigenvalue weighted by atomic mass is 10.00. The third kappa shape index (κ3) is 2.07. The van der Waals surface area contributed by atoms with Crippen molar-refractivity contribution in [2.45, 2.75) is 20.0 Å². The van der Waals surface area contributed by atoms with Crippen LogP contribution in [0.2, 0.25) is 0 Å². The first-order chi connectivity index (χ1) is 11.6. The summed E-state index contributed by atoms with van der Waals surface area (Å²) in [5, 5.41) is 19.5. The van der Waals surface area contributed by atoms with Crippen molar-refractivity contribution >= 4 is 11.4 Å². The van der Waals surface area contributed by atoms with Crippen molar-refractivity contribution in [3.05, 3.63) is 75.5 Å². The predicted octanol–water partition coefficient (Wildman–Crippen LogP) is 4.05. The van der Waals surface area contributed by atoms with Gasteiger partial charge in [0.25, 0.3) is 5.69 Å². The fraction of sp³-hybridized carbons (Fsp3) is 0.167. The van der Waals surface area contributed by atoms with E-state index in [0.717, 1.165) is 28.2 Å².